The number of nitrogens with two attached hydrogens (primary N) is 1. The molecule has 0 unspecified atom stereocenters. The van der Waals surface area contributed by atoms with Crippen LogP contribution in [0.1, 0.15) is 25.3 Å². The molecule has 1 heterocycles. The van der Waals surface area contributed by atoms with E-state index in [1.54, 1.807) is 12.4 Å². The molecule has 0 radical (unpaired) electrons. The van der Waals surface area contributed by atoms with Crippen molar-refractivity contribution < 1.29 is 4.74 Å². The van der Waals surface area contributed by atoms with E-state index in [0.29, 0.717) is 0 Å². The van der Waals surface area contributed by atoms with Gasteiger partial charge >= 0.3 is 0 Å². The van der Waals surface area contributed by atoms with Gasteiger partial charge in [0.1, 0.15) is 0 Å². The standard InChI is InChI=1S/C11H18N2O/c1-2-3-7-14-8-5-10-9-13-6-4-11(10)12/h4,6,9H,2-3,5,7-8H2,1H3,(H2,12,13). The number of unbranched alkanes of at least 4 members (excludes halogenated alkanes) is 1. The van der Waals surface area contributed by atoms with Gasteiger partial charge in [-0.05, 0) is 24.5 Å². The number of rotatable bonds is 6. The summed E-state index contributed by atoms with van der Waals surface area (Å²) in [5.74, 6) is 0. The molecule has 0 bridgehead atoms. The highest BCUT2D eigenvalue weighted by molar-refractivity contribution is 5.44. The van der Waals surface area contributed by atoms with Crippen LogP contribution in [-0.4, -0.2) is 18.2 Å². The third-order valence-electron chi connectivity index (χ3n) is 2.10. The molecule has 14 heavy (non-hydrogen) atoms. The van der Waals surface area contributed by atoms with Gasteiger partial charge in [-0.25, -0.2) is 0 Å². The molecule has 3 heteroatoms. The number of hydrogen-bond acceptors (Lipinski definition) is 3. The van der Waals surface area contributed by atoms with Crippen molar-refractivity contribution in [1.82, 2.24) is 4.98 Å². The van der Waals surface area contributed by atoms with Gasteiger partial charge in [0.2, 0.25) is 0 Å². The Balaban J connectivity index is 2.21. The lowest BCUT2D eigenvalue weighted by Gasteiger charge is -2.05. The molecule has 3 nitrogen and oxygen atoms in total. The lowest BCUT2D eigenvalue weighted by molar-refractivity contribution is 0.134. The number of nitrogen functional groups attached to an aromatic ring is 1. The lowest BCUT2D eigenvalue weighted by atomic mass is 10.2. The third kappa shape index (κ3) is 3.75. The number of ether oxygens (including phenoxy) is 1. The van der Waals surface area contributed by atoms with Crippen LogP contribution in [0.2, 0.25) is 0 Å². The molecule has 1 aromatic rings. The van der Waals surface area contributed by atoms with Gasteiger partial charge in [-0.1, -0.05) is 13.3 Å². The van der Waals surface area contributed by atoms with Gasteiger partial charge in [-0.3, -0.25) is 4.98 Å². The molecular formula is C11H18N2O. The van der Waals surface area contributed by atoms with Gasteiger partial charge in [0, 0.05) is 24.7 Å². The largest absolute Gasteiger partial charge is 0.398 e. The van der Waals surface area contributed by atoms with Crippen molar-refractivity contribution in [2.75, 3.05) is 18.9 Å². The Hall–Kier alpha value is -1.09. The molecule has 0 fully saturated rings. The van der Waals surface area contributed by atoms with Gasteiger partial charge in [0.05, 0.1) is 6.61 Å². The maximum absolute atomic E-state index is 5.77. The first-order valence-electron chi connectivity index (χ1n) is 5.10. The summed E-state index contributed by atoms with van der Waals surface area (Å²) in [6.07, 6.45) is 6.66. The molecule has 0 spiro atoms. The molecule has 1 rings (SSSR count). The topological polar surface area (TPSA) is 48.1 Å². The first-order chi connectivity index (χ1) is 6.84. The maximum Gasteiger partial charge on any atom is 0.0507 e. The van der Waals surface area contributed by atoms with E-state index in [9.17, 15) is 0 Å². The Morgan fingerprint density at radius 2 is 2.29 bits per heavy atom. The van der Waals surface area contributed by atoms with E-state index in [1.165, 1.54) is 6.42 Å². The molecule has 1 aromatic heterocycles. The minimum absolute atomic E-state index is 0.732. The van der Waals surface area contributed by atoms with E-state index in [-0.39, 0.29) is 0 Å². The van der Waals surface area contributed by atoms with Crippen molar-refractivity contribution in [3.8, 4) is 0 Å². The van der Waals surface area contributed by atoms with Gasteiger partial charge < -0.3 is 10.5 Å². The fourth-order valence-electron chi connectivity index (χ4n) is 1.18. The molecule has 0 saturated heterocycles. The van der Waals surface area contributed by atoms with Crippen molar-refractivity contribution in [2.45, 2.75) is 26.2 Å². The van der Waals surface area contributed by atoms with Crippen LogP contribution in [0.4, 0.5) is 5.69 Å². The van der Waals surface area contributed by atoms with Gasteiger partial charge in [-0.15, -0.1) is 0 Å². The van der Waals surface area contributed by atoms with E-state index in [0.717, 1.165) is 37.3 Å². The van der Waals surface area contributed by atoms with Crippen LogP contribution in [0.25, 0.3) is 0 Å². The van der Waals surface area contributed by atoms with Crippen molar-refractivity contribution in [3.05, 3.63) is 24.0 Å². The highest BCUT2D eigenvalue weighted by atomic mass is 16.5. The first kappa shape index (κ1) is 11.0. The molecule has 0 aliphatic heterocycles. The van der Waals surface area contributed by atoms with Crippen LogP contribution in [0.5, 0.6) is 0 Å². The van der Waals surface area contributed by atoms with E-state index in [2.05, 4.69) is 11.9 Å². The summed E-state index contributed by atoms with van der Waals surface area (Å²) < 4.78 is 5.45. The summed E-state index contributed by atoms with van der Waals surface area (Å²) >= 11 is 0. The number of anilines is 1. The number of pyridine rings is 1. The van der Waals surface area contributed by atoms with Crippen molar-refractivity contribution in [3.63, 3.8) is 0 Å². The smallest absolute Gasteiger partial charge is 0.0507 e. The average Bonchev–Trinajstić information content (AvgIpc) is 2.20. The molecule has 0 amide bonds. The number of hydrogen-bond donors (Lipinski definition) is 1. The van der Waals surface area contributed by atoms with E-state index in [4.69, 9.17) is 10.5 Å². The molecule has 78 valence electrons. The molecule has 2 N–H and O–H groups in total. The molecule has 0 atom stereocenters. The quantitative estimate of drug-likeness (QED) is 0.705. The van der Waals surface area contributed by atoms with Crippen LogP contribution >= 0.6 is 0 Å². The van der Waals surface area contributed by atoms with Crippen LogP contribution < -0.4 is 5.73 Å². The fraction of sp³-hybridized carbons (Fsp3) is 0.545. The minimum atomic E-state index is 0.732. The average molecular weight is 194 g/mol. The third-order valence-corrected chi connectivity index (χ3v) is 2.10. The minimum Gasteiger partial charge on any atom is -0.398 e. The second-order valence-electron chi connectivity index (χ2n) is 3.29. The Morgan fingerprint density at radius 1 is 1.43 bits per heavy atom. The Kier molecular flexibility index (Phi) is 5.00. The number of aromatic nitrogens is 1. The van der Waals surface area contributed by atoms with E-state index < -0.39 is 0 Å². The van der Waals surface area contributed by atoms with Crippen molar-refractivity contribution in [2.24, 2.45) is 0 Å². The normalized spacial score (nSPS) is 10.4. The molecule has 0 aromatic carbocycles. The SMILES string of the molecule is CCCCOCCc1cnccc1N. The van der Waals surface area contributed by atoms with Crippen molar-refractivity contribution in [1.29, 1.82) is 0 Å². The Morgan fingerprint density at radius 3 is 3.00 bits per heavy atom. The highest BCUT2D eigenvalue weighted by Crippen LogP contribution is 2.09. The zero-order chi connectivity index (χ0) is 10.2. The summed E-state index contributed by atoms with van der Waals surface area (Å²) in [5.41, 5.74) is 7.64. The predicted molar refractivity (Wildman–Crippen MR) is 58.1 cm³/mol. The van der Waals surface area contributed by atoms with Gasteiger partial charge in [0.15, 0.2) is 0 Å². The summed E-state index contributed by atoms with van der Waals surface area (Å²) in [7, 11) is 0. The second-order valence-corrected chi connectivity index (χ2v) is 3.29. The predicted octanol–water partition coefficient (Wildman–Crippen LogP) is 2.02. The molecule has 0 saturated carbocycles. The summed E-state index contributed by atoms with van der Waals surface area (Å²) in [5, 5.41) is 0. The zero-order valence-corrected chi connectivity index (χ0v) is 8.70. The van der Waals surface area contributed by atoms with E-state index in [1.807, 2.05) is 6.07 Å². The summed E-state index contributed by atoms with van der Waals surface area (Å²) in [4.78, 5) is 4.03. The zero-order valence-electron chi connectivity index (χ0n) is 8.70. The first-order valence-corrected chi connectivity index (χ1v) is 5.10. The molecular weight excluding hydrogens is 176 g/mol. The second kappa shape index (κ2) is 6.38. The lowest BCUT2D eigenvalue weighted by Crippen LogP contribution is -2.03. The molecule has 0 aliphatic rings. The van der Waals surface area contributed by atoms with Crippen LogP contribution in [0.15, 0.2) is 18.5 Å². The summed E-state index contributed by atoms with van der Waals surface area (Å²) in [6, 6.07) is 1.82. The fourth-order valence-corrected chi connectivity index (χ4v) is 1.18. The van der Waals surface area contributed by atoms with Crippen molar-refractivity contribution >= 4 is 5.69 Å². The Bertz CT molecular complexity index is 263. The highest BCUT2D eigenvalue weighted by Gasteiger charge is 1.97. The van der Waals surface area contributed by atoms with Gasteiger partial charge in [0.25, 0.3) is 0 Å². The maximum atomic E-state index is 5.77. The number of nitrogens with zero attached hydrogens (tertiary/aromatic N) is 1. The van der Waals surface area contributed by atoms with Crippen LogP contribution in [-0.2, 0) is 11.2 Å². The van der Waals surface area contributed by atoms with Crippen LogP contribution in [0.3, 0.4) is 0 Å². The van der Waals surface area contributed by atoms with E-state index >= 15 is 0 Å². The molecule has 0 aliphatic carbocycles. The van der Waals surface area contributed by atoms with Crippen LogP contribution in [0, 0.1) is 0 Å². The van der Waals surface area contributed by atoms with Gasteiger partial charge in [-0.2, -0.15) is 0 Å². The Labute approximate surface area is 85.3 Å². The summed E-state index contributed by atoms with van der Waals surface area (Å²) in [6.45, 7) is 3.73. The monoisotopic (exact) mass is 194 g/mol.